The summed E-state index contributed by atoms with van der Waals surface area (Å²) in [6.07, 6.45) is 2.60. The molecule has 15 heavy (non-hydrogen) atoms. The third kappa shape index (κ3) is 3.61. The van der Waals surface area contributed by atoms with Crippen LogP contribution in [-0.4, -0.2) is 31.1 Å². The summed E-state index contributed by atoms with van der Waals surface area (Å²) in [6.45, 7) is 0.931. The summed E-state index contributed by atoms with van der Waals surface area (Å²) in [5.74, 6) is 5.22. The van der Waals surface area contributed by atoms with E-state index in [1.165, 1.54) is 12.3 Å². The van der Waals surface area contributed by atoms with Gasteiger partial charge in [-0.3, -0.25) is 9.98 Å². The molecule has 0 saturated heterocycles. The number of aromatic nitrogens is 1. The van der Waals surface area contributed by atoms with Crippen LogP contribution >= 0.6 is 0 Å². The van der Waals surface area contributed by atoms with Gasteiger partial charge in [0, 0.05) is 18.9 Å². The molecule has 0 aliphatic rings. The number of hydrogen-bond acceptors (Lipinski definition) is 4. The Hall–Kier alpha value is -1.53. The van der Waals surface area contributed by atoms with Crippen LogP contribution in [0.15, 0.2) is 23.5 Å². The van der Waals surface area contributed by atoms with Crippen molar-refractivity contribution in [3.8, 4) is 0 Å². The number of aliphatic imine (C=N–C) groups is 1. The molecule has 0 aliphatic carbocycles. The second kappa shape index (κ2) is 6.05. The van der Waals surface area contributed by atoms with Gasteiger partial charge in [-0.15, -0.1) is 0 Å². The van der Waals surface area contributed by atoms with E-state index in [0.717, 1.165) is 6.20 Å². The first kappa shape index (κ1) is 11.5. The van der Waals surface area contributed by atoms with Crippen LogP contribution in [0.1, 0.15) is 5.56 Å². The molecule has 0 aromatic carbocycles. The van der Waals surface area contributed by atoms with Gasteiger partial charge in [0.05, 0.1) is 19.3 Å². The number of nitrogens with two attached hydrogens (primary N) is 1. The highest BCUT2D eigenvalue weighted by atomic mass is 19.1. The molecule has 0 saturated carbocycles. The molecular weight excluding hydrogens is 199 g/mol. The largest absolute Gasteiger partial charge is 0.383 e. The first-order valence-electron chi connectivity index (χ1n) is 4.39. The van der Waals surface area contributed by atoms with E-state index in [0.29, 0.717) is 24.6 Å². The summed E-state index contributed by atoms with van der Waals surface area (Å²) in [5, 5.41) is 0. The lowest BCUT2D eigenvalue weighted by Gasteiger charge is -2.05. The Morgan fingerprint density at radius 3 is 3.07 bits per heavy atom. The van der Waals surface area contributed by atoms with Crippen LogP contribution in [0, 0.1) is 5.82 Å². The second-order valence-electron chi connectivity index (χ2n) is 2.76. The molecule has 1 aromatic heterocycles. The lowest BCUT2D eigenvalue weighted by atomic mass is 10.2. The summed E-state index contributed by atoms with van der Waals surface area (Å²) in [5.41, 5.74) is 2.90. The van der Waals surface area contributed by atoms with Crippen LogP contribution in [0.25, 0.3) is 0 Å². The Bertz CT molecular complexity index is 343. The molecule has 6 heteroatoms. The van der Waals surface area contributed by atoms with Gasteiger partial charge in [-0.05, 0) is 6.07 Å². The van der Waals surface area contributed by atoms with Gasteiger partial charge in [0.15, 0.2) is 0 Å². The van der Waals surface area contributed by atoms with Crippen molar-refractivity contribution >= 4 is 5.84 Å². The average molecular weight is 212 g/mol. The highest BCUT2D eigenvalue weighted by Crippen LogP contribution is 2.01. The predicted octanol–water partition coefficient (Wildman–Crippen LogP) is 0.0770. The number of nitrogens with one attached hydrogen (secondary N) is 1. The number of nitrogens with zero attached hydrogens (tertiary/aromatic N) is 2. The van der Waals surface area contributed by atoms with Crippen LogP contribution in [-0.2, 0) is 4.74 Å². The standard InChI is InChI=1S/C9H13FN4O/c1-15-3-2-13-9(14-11)7-4-8(10)6-12-5-7/h4-6H,2-3,11H2,1H3,(H,13,14). The van der Waals surface area contributed by atoms with E-state index < -0.39 is 5.82 Å². The molecule has 82 valence electrons. The minimum Gasteiger partial charge on any atom is -0.383 e. The summed E-state index contributed by atoms with van der Waals surface area (Å²) >= 11 is 0. The van der Waals surface area contributed by atoms with Crippen molar-refractivity contribution in [2.45, 2.75) is 0 Å². The molecule has 1 rings (SSSR count). The van der Waals surface area contributed by atoms with Crippen LogP contribution in [0.5, 0.6) is 0 Å². The number of halogens is 1. The maximum atomic E-state index is 12.8. The van der Waals surface area contributed by atoms with Gasteiger partial charge in [0.2, 0.25) is 0 Å². The summed E-state index contributed by atoms with van der Waals surface area (Å²) in [7, 11) is 1.58. The lowest BCUT2D eigenvalue weighted by molar-refractivity contribution is 0.208. The first-order valence-corrected chi connectivity index (χ1v) is 4.39. The Morgan fingerprint density at radius 2 is 2.47 bits per heavy atom. The monoisotopic (exact) mass is 212 g/mol. The van der Waals surface area contributed by atoms with Crippen molar-refractivity contribution in [1.29, 1.82) is 0 Å². The zero-order chi connectivity index (χ0) is 11.1. The van der Waals surface area contributed by atoms with Gasteiger partial charge in [0.25, 0.3) is 0 Å². The second-order valence-corrected chi connectivity index (χ2v) is 2.76. The molecule has 0 spiro atoms. The molecule has 0 fully saturated rings. The van der Waals surface area contributed by atoms with E-state index in [2.05, 4.69) is 15.4 Å². The normalized spacial score (nSPS) is 11.5. The van der Waals surface area contributed by atoms with Crippen molar-refractivity contribution in [2.24, 2.45) is 10.8 Å². The molecular formula is C9H13FN4O. The molecule has 3 N–H and O–H groups in total. The number of amidine groups is 1. The number of pyridine rings is 1. The smallest absolute Gasteiger partial charge is 0.144 e. The molecule has 0 aliphatic heterocycles. The third-order valence-corrected chi connectivity index (χ3v) is 1.68. The summed E-state index contributed by atoms with van der Waals surface area (Å²) in [4.78, 5) is 7.79. The topological polar surface area (TPSA) is 72.5 Å². The van der Waals surface area contributed by atoms with Gasteiger partial charge >= 0.3 is 0 Å². The summed E-state index contributed by atoms with van der Waals surface area (Å²) < 4.78 is 17.7. The van der Waals surface area contributed by atoms with Crippen LogP contribution in [0.2, 0.25) is 0 Å². The Balaban J connectivity index is 2.77. The molecule has 0 amide bonds. The van der Waals surface area contributed by atoms with E-state index in [1.807, 2.05) is 0 Å². The number of ether oxygens (including phenoxy) is 1. The lowest BCUT2D eigenvalue weighted by Crippen LogP contribution is -2.31. The molecule has 0 unspecified atom stereocenters. The number of hydrazine groups is 1. The van der Waals surface area contributed by atoms with Crippen molar-refractivity contribution in [3.05, 3.63) is 29.8 Å². The zero-order valence-corrected chi connectivity index (χ0v) is 8.40. The Morgan fingerprint density at radius 1 is 1.67 bits per heavy atom. The van der Waals surface area contributed by atoms with Gasteiger partial charge in [-0.1, -0.05) is 0 Å². The first-order chi connectivity index (χ1) is 7.27. The molecule has 5 nitrogen and oxygen atoms in total. The summed E-state index contributed by atoms with van der Waals surface area (Å²) in [6, 6.07) is 1.30. The van der Waals surface area contributed by atoms with E-state index in [-0.39, 0.29) is 0 Å². The average Bonchev–Trinajstić information content (AvgIpc) is 2.24. The van der Waals surface area contributed by atoms with Crippen molar-refractivity contribution in [3.63, 3.8) is 0 Å². The minimum absolute atomic E-state index is 0.388. The highest BCUT2D eigenvalue weighted by Gasteiger charge is 2.02. The van der Waals surface area contributed by atoms with Gasteiger partial charge in [-0.2, -0.15) is 0 Å². The van der Waals surface area contributed by atoms with E-state index in [4.69, 9.17) is 10.6 Å². The number of rotatable bonds is 4. The zero-order valence-electron chi connectivity index (χ0n) is 8.40. The van der Waals surface area contributed by atoms with Gasteiger partial charge in [-0.25, -0.2) is 10.2 Å². The molecule has 0 radical (unpaired) electrons. The van der Waals surface area contributed by atoms with E-state index in [9.17, 15) is 4.39 Å². The fraction of sp³-hybridized carbons (Fsp3) is 0.333. The molecule has 0 atom stereocenters. The van der Waals surface area contributed by atoms with Crippen LogP contribution in [0.3, 0.4) is 0 Å². The molecule has 0 bridgehead atoms. The fourth-order valence-electron chi connectivity index (χ4n) is 1.01. The Labute approximate surface area is 87.1 Å². The minimum atomic E-state index is -0.429. The van der Waals surface area contributed by atoms with Crippen molar-refractivity contribution in [2.75, 3.05) is 20.3 Å². The maximum absolute atomic E-state index is 12.8. The van der Waals surface area contributed by atoms with E-state index in [1.54, 1.807) is 7.11 Å². The quantitative estimate of drug-likeness (QED) is 0.244. The molecule has 1 aromatic rings. The fourth-order valence-corrected chi connectivity index (χ4v) is 1.01. The molecule has 1 heterocycles. The van der Waals surface area contributed by atoms with Crippen LogP contribution < -0.4 is 11.3 Å². The van der Waals surface area contributed by atoms with Crippen LogP contribution in [0.4, 0.5) is 4.39 Å². The van der Waals surface area contributed by atoms with Crippen molar-refractivity contribution < 1.29 is 9.13 Å². The highest BCUT2D eigenvalue weighted by molar-refractivity contribution is 5.98. The van der Waals surface area contributed by atoms with Crippen molar-refractivity contribution in [1.82, 2.24) is 10.4 Å². The number of methoxy groups -OCH3 is 1. The number of hydrogen-bond donors (Lipinski definition) is 2. The predicted molar refractivity (Wildman–Crippen MR) is 54.8 cm³/mol. The SMILES string of the molecule is COCCN=C(NN)c1cncc(F)c1. The van der Waals surface area contributed by atoms with Gasteiger partial charge < -0.3 is 10.2 Å². The maximum Gasteiger partial charge on any atom is 0.144 e. The Kier molecular flexibility index (Phi) is 4.65. The van der Waals surface area contributed by atoms with Gasteiger partial charge in [0.1, 0.15) is 11.7 Å². The third-order valence-electron chi connectivity index (χ3n) is 1.68. The van der Waals surface area contributed by atoms with E-state index >= 15 is 0 Å².